The quantitative estimate of drug-likeness (QED) is 0.0800. The van der Waals surface area contributed by atoms with Crippen molar-refractivity contribution in [1.82, 2.24) is 0 Å². The number of hydrogen-bond donors (Lipinski definition) is 2. The third kappa shape index (κ3) is 4.99. The normalized spacial score (nSPS) is 12.5. The van der Waals surface area contributed by atoms with Gasteiger partial charge in [0.1, 0.15) is 0 Å². The number of unbranched alkanes of at least 4 members (excludes halogenated alkanes) is 2. The van der Waals surface area contributed by atoms with Crippen LogP contribution in [0.2, 0.25) is 0 Å². The van der Waals surface area contributed by atoms with Gasteiger partial charge in [0.25, 0.3) is 0 Å². The molecule has 0 spiro atoms. The first-order valence-electron chi connectivity index (χ1n) is 12.9. The molecule has 4 rings (SSSR count). The molecule has 0 fully saturated rings. The van der Waals surface area contributed by atoms with Crippen molar-refractivity contribution in [3.05, 3.63) is 102 Å². The van der Waals surface area contributed by atoms with E-state index in [4.69, 9.17) is 9.47 Å². The number of halogens is 1. The van der Waals surface area contributed by atoms with Gasteiger partial charge in [0.05, 0.1) is 0 Å². The van der Waals surface area contributed by atoms with Crippen molar-refractivity contribution in [2.24, 2.45) is 0 Å². The van der Waals surface area contributed by atoms with Gasteiger partial charge in [-0.2, -0.15) is 0 Å². The Balaban J connectivity index is 1.64. The molecule has 38 heavy (non-hydrogen) atoms. The van der Waals surface area contributed by atoms with Crippen LogP contribution in [-0.2, 0) is 6.42 Å². The van der Waals surface area contributed by atoms with E-state index in [0.717, 1.165) is 25.4 Å². The monoisotopic (exact) mass is 642 g/mol. The maximum absolute atomic E-state index is 10.9. The van der Waals surface area contributed by atoms with Crippen LogP contribution < -0.4 is 25.4 Å². The van der Waals surface area contributed by atoms with Gasteiger partial charge in [-0.15, -0.1) is 0 Å². The Bertz CT molecular complexity index is 1260. The Kier molecular flexibility index (Phi) is 8.89. The SMILES string of the molecule is COc1c(O)c(C)c(CCCCCP(I)(c2ccccc2)(c2ccccc2)c2ccccc2)c(O)c1OC. The number of phenols is 2. The van der Waals surface area contributed by atoms with Crippen LogP contribution in [0.3, 0.4) is 0 Å². The number of rotatable bonds is 11. The van der Waals surface area contributed by atoms with Crippen molar-refractivity contribution in [1.29, 1.82) is 0 Å². The van der Waals surface area contributed by atoms with Crippen LogP contribution in [0, 0.1) is 6.92 Å². The fourth-order valence-corrected chi connectivity index (χ4v) is 14.3. The zero-order chi connectivity index (χ0) is 27.2. The number of ether oxygens (including phenoxy) is 2. The first-order valence-corrected chi connectivity index (χ1v) is 18.1. The Hall–Kier alpha value is -2.76. The first kappa shape index (κ1) is 28.3. The fraction of sp³-hybridized carbons (Fsp3) is 0.250. The second kappa shape index (κ2) is 12.0. The zero-order valence-corrected chi connectivity index (χ0v) is 25.3. The summed E-state index contributed by atoms with van der Waals surface area (Å²) < 4.78 is 7.83. The van der Waals surface area contributed by atoms with Gasteiger partial charge in [0.2, 0.25) is 0 Å². The van der Waals surface area contributed by atoms with Crippen molar-refractivity contribution >= 4 is 42.2 Å². The van der Waals surface area contributed by atoms with E-state index < -0.39 is 4.25 Å². The molecule has 4 aromatic carbocycles. The molecule has 0 saturated carbocycles. The second-order valence-corrected chi connectivity index (χ2v) is 20.3. The molecule has 0 radical (unpaired) electrons. The third-order valence-electron chi connectivity index (χ3n) is 7.53. The predicted molar refractivity (Wildman–Crippen MR) is 169 cm³/mol. The van der Waals surface area contributed by atoms with Gasteiger partial charge in [-0.3, -0.25) is 0 Å². The van der Waals surface area contributed by atoms with Crippen LogP contribution in [0.4, 0.5) is 0 Å². The third-order valence-corrected chi connectivity index (χ3v) is 19.3. The number of methoxy groups -OCH3 is 2. The summed E-state index contributed by atoms with van der Waals surface area (Å²) >= 11 is 2.83. The van der Waals surface area contributed by atoms with Crippen molar-refractivity contribution in [2.45, 2.75) is 32.6 Å². The molecule has 0 unspecified atom stereocenters. The average molecular weight is 643 g/mol. The Morgan fingerprint density at radius 1 is 0.632 bits per heavy atom. The van der Waals surface area contributed by atoms with Crippen molar-refractivity contribution in [3.63, 3.8) is 0 Å². The molecule has 6 heteroatoms. The van der Waals surface area contributed by atoms with E-state index in [9.17, 15) is 10.2 Å². The van der Waals surface area contributed by atoms with E-state index in [1.165, 1.54) is 30.1 Å². The summed E-state index contributed by atoms with van der Waals surface area (Å²) in [4.78, 5) is 0. The number of aromatic hydroxyl groups is 2. The summed E-state index contributed by atoms with van der Waals surface area (Å²) in [5.41, 5.74) is 1.34. The van der Waals surface area contributed by atoms with Crippen LogP contribution in [0.15, 0.2) is 91.0 Å². The zero-order valence-electron chi connectivity index (χ0n) is 22.2. The summed E-state index contributed by atoms with van der Waals surface area (Å²) in [7, 11) is 2.93. The van der Waals surface area contributed by atoms with Gasteiger partial charge >= 0.3 is 240 Å². The van der Waals surface area contributed by atoms with E-state index in [0.29, 0.717) is 17.5 Å². The summed E-state index contributed by atoms with van der Waals surface area (Å²) in [5.74, 6) is 0.416. The molecule has 200 valence electrons. The Morgan fingerprint density at radius 2 is 1.05 bits per heavy atom. The summed E-state index contributed by atoms with van der Waals surface area (Å²) in [6.45, 7) is 1.81. The van der Waals surface area contributed by atoms with E-state index in [2.05, 4.69) is 113 Å². The molecule has 0 heterocycles. The summed E-state index contributed by atoms with van der Waals surface area (Å²) in [5, 5.41) is 25.6. The Labute approximate surface area is 239 Å². The molecule has 0 saturated heterocycles. The van der Waals surface area contributed by atoms with E-state index >= 15 is 0 Å². The topological polar surface area (TPSA) is 58.9 Å². The van der Waals surface area contributed by atoms with Gasteiger partial charge in [-0.05, 0) is 0 Å². The standard InChI is InChI=1S/C32H36IO4P/c1-24-28(30(35)32(37-3)31(36-2)29(24)34)22-14-7-15-23-38(33,25-16-8-4-9-17-25,26-18-10-5-11-19-26)27-20-12-6-13-21-27/h4-6,8-13,16-21,34-35H,7,14-15,22-23H2,1-3H3. The number of benzene rings is 4. The molecular formula is C32H36IO4P. The van der Waals surface area contributed by atoms with E-state index in [-0.39, 0.29) is 23.0 Å². The van der Waals surface area contributed by atoms with Crippen LogP contribution in [0.5, 0.6) is 23.0 Å². The molecule has 0 aromatic heterocycles. The number of hydrogen-bond acceptors (Lipinski definition) is 4. The summed E-state index contributed by atoms with van der Waals surface area (Å²) in [6, 6.07) is 32.9. The minimum atomic E-state index is -2.78. The van der Waals surface area contributed by atoms with Crippen LogP contribution in [0.25, 0.3) is 0 Å². The van der Waals surface area contributed by atoms with Crippen molar-refractivity contribution in [2.75, 3.05) is 20.4 Å². The van der Waals surface area contributed by atoms with Gasteiger partial charge in [0.15, 0.2) is 0 Å². The van der Waals surface area contributed by atoms with Crippen molar-refractivity contribution < 1.29 is 19.7 Å². The van der Waals surface area contributed by atoms with Crippen LogP contribution in [0.1, 0.15) is 30.4 Å². The van der Waals surface area contributed by atoms with E-state index in [1.54, 1.807) is 0 Å². The van der Waals surface area contributed by atoms with Crippen molar-refractivity contribution in [3.8, 4) is 23.0 Å². The van der Waals surface area contributed by atoms with Gasteiger partial charge < -0.3 is 0 Å². The minimum absolute atomic E-state index is 0.0200. The van der Waals surface area contributed by atoms with E-state index in [1.807, 2.05) is 6.92 Å². The van der Waals surface area contributed by atoms with Crippen LogP contribution in [-0.4, -0.2) is 30.6 Å². The molecule has 0 atom stereocenters. The molecule has 4 nitrogen and oxygen atoms in total. The second-order valence-electron chi connectivity index (χ2n) is 9.59. The maximum atomic E-state index is 10.9. The molecule has 0 amide bonds. The first-order chi connectivity index (χ1) is 18.4. The fourth-order valence-electron chi connectivity index (χ4n) is 5.47. The molecular weight excluding hydrogens is 606 g/mol. The van der Waals surface area contributed by atoms with Gasteiger partial charge in [-0.25, -0.2) is 0 Å². The van der Waals surface area contributed by atoms with Gasteiger partial charge in [-0.1, -0.05) is 0 Å². The Morgan fingerprint density at radius 3 is 1.47 bits per heavy atom. The summed E-state index contributed by atoms with van der Waals surface area (Å²) in [6.07, 6.45) is 4.57. The molecule has 0 aliphatic carbocycles. The molecule has 0 aliphatic rings. The predicted octanol–water partition coefficient (Wildman–Crippen LogP) is 7.02. The van der Waals surface area contributed by atoms with Crippen LogP contribution >= 0.6 is 26.3 Å². The average Bonchev–Trinajstić information content (AvgIpc) is 2.97. The van der Waals surface area contributed by atoms with Gasteiger partial charge in [0, 0.05) is 0 Å². The molecule has 0 aliphatic heterocycles. The molecule has 0 bridgehead atoms. The number of phenolic OH excluding ortho intramolecular Hbond substituents is 2. The molecule has 4 aromatic rings. The molecule has 2 N–H and O–H groups in total.